The number of aliphatic carboxylic acids is 1. The molecule has 0 aliphatic carbocycles. The van der Waals surface area contributed by atoms with Crippen LogP contribution in [0.4, 0.5) is 4.79 Å². The molecule has 0 aromatic heterocycles. The minimum atomic E-state index is -1.34. The van der Waals surface area contributed by atoms with Crippen LogP contribution in [0.1, 0.15) is 11.1 Å². The van der Waals surface area contributed by atoms with Crippen LogP contribution >= 0.6 is 15.9 Å². The number of ether oxygens (including phenoxy) is 1. The summed E-state index contributed by atoms with van der Waals surface area (Å²) in [5.41, 5.74) is 1.45. The molecule has 9 heteroatoms. The van der Waals surface area contributed by atoms with Gasteiger partial charge in [-0.25, -0.2) is 9.59 Å². The maximum atomic E-state index is 12.3. The number of carboxylic acid groups (broad SMARTS) is 1. The second kappa shape index (κ2) is 11.2. The molecule has 2 aromatic rings. The van der Waals surface area contributed by atoms with E-state index >= 15 is 0 Å². The van der Waals surface area contributed by atoms with E-state index in [-0.39, 0.29) is 13.0 Å². The molecule has 8 nitrogen and oxygen atoms in total. The summed E-state index contributed by atoms with van der Waals surface area (Å²) in [6.07, 6.45) is -0.862. The van der Waals surface area contributed by atoms with Crippen LogP contribution in [0.25, 0.3) is 0 Å². The summed E-state index contributed by atoms with van der Waals surface area (Å²) in [6, 6.07) is 13.4. The molecule has 4 N–H and O–H groups in total. The minimum absolute atomic E-state index is 0.00687. The molecule has 29 heavy (non-hydrogen) atoms. The predicted molar refractivity (Wildman–Crippen MR) is 108 cm³/mol. The highest BCUT2D eigenvalue weighted by Crippen LogP contribution is 2.13. The quantitative estimate of drug-likeness (QED) is 0.448. The Labute approximate surface area is 176 Å². The second-order valence-electron chi connectivity index (χ2n) is 6.17. The van der Waals surface area contributed by atoms with E-state index in [0.29, 0.717) is 5.56 Å². The van der Waals surface area contributed by atoms with Crippen molar-refractivity contribution in [3.8, 4) is 0 Å². The fourth-order valence-corrected chi connectivity index (χ4v) is 2.92. The van der Waals surface area contributed by atoms with Crippen LogP contribution in [-0.4, -0.2) is 46.9 Å². The van der Waals surface area contributed by atoms with Crippen molar-refractivity contribution in [2.24, 2.45) is 0 Å². The van der Waals surface area contributed by atoms with Crippen LogP contribution in [0.2, 0.25) is 0 Å². The highest BCUT2D eigenvalue weighted by atomic mass is 79.9. The minimum Gasteiger partial charge on any atom is -0.480 e. The standard InChI is InChI=1S/C20H21BrN2O6/c21-15-8-4-7-14(9-15)10-16(19(26)27)22-18(25)17(11-24)23-20(28)29-12-13-5-2-1-3-6-13/h1-9,16-17,24H,10-12H2,(H,22,25)(H,23,28)(H,26,27)/t16-,17-/m0/s1. The maximum Gasteiger partial charge on any atom is 0.408 e. The van der Waals surface area contributed by atoms with E-state index in [9.17, 15) is 24.6 Å². The summed E-state index contributed by atoms with van der Waals surface area (Å²) in [5, 5.41) is 23.4. The van der Waals surface area contributed by atoms with Crippen molar-refractivity contribution in [1.29, 1.82) is 0 Å². The van der Waals surface area contributed by atoms with Crippen molar-refractivity contribution >= 4 is 33.9 Å². The van der Waals surface area contributed by atoms with Crippen molar-refractivity contribution < 1.29 is 29.3 Å². The molecule has 0 saturated heterocycles. The lowest BCUT2D eigenvalue weighted by Crippen LogP contribution is -2.53. The van der Waals surface area contributed by atoms with E-state index in [1.165, 1.54) is 0 Å². The van der Waals surface area contributed by atoms with E-state index in [4.69, 9.17) is 4.74 Å². The summed E-state index contributed by atoms with van der Waals surface area (Å²) in [4.78, 5) is 35.8. The number of carbonyl (C=O) groups is 3. The Morgan fingerprint density at radius 3 is 2.28 bits per heavy atom. The topological polar surface area (TPSA) is 125 Å². The lowest BCUT2D eigenvalue weighted by atomic mass is 10.1. The Morgan fingerprint density at radius 2 is 1.66 bits per heavy atom. The molecule has 0 unspecified atom stereocenters. The zero-order chi connectivity index (χ0) is 21.2. The van der Waals surface area contributed by atoms with Crippen LogP contribution in [0.5, 0.6) is 0 Å². The number of alkyl carbamates (subject to hydrolysis) is 1. The van der Waals surface area contributed by atoms with Crippen LogP contribution in [-0.2, 0) is 27.4 Å². The first-order chi connectivity index (χ1) is 13.9. The number of halogens is 1. The molecule has 0 fully saturated rings. The Balaban J connectivity index is 1.92. The highest BCUT2D eigenvalue weighted by Gasteiger charge is 2.26. The molecule has 154 valence electrons. The number of nitrogens with one attached hydrogen (secondary N) is 2. The van der Waals surface area contributed by atoms with Gasteiger partial charge in [-0.15, -0.1) is 0 Å². The lowest BCUT2D eigenvalue weighted by Gasteiger charge is -2.20. The molecule has 0 spiro atoms. The molecule has 0 bridgehead atoms. The fraction of sp³-hybridized carbons (Fsp3) is 0.250. The second-order valence-corrected chi connectivity index (χ2v) is 7.09. The number of aliphatic hydroxyl groups is 1. The third-order valence-corrected chi connectivity index (χ3v) is 4.44. The molecule has 2 amide bonds. The molecular weight excluding hydrogens is 444 g/mol. The van der Waals surface area contributed by atoms with Gasteiger partial charge in [0.25, 0.3) is 0 Å². The van der Waals surface area contributed by atoms with E-state index in [1.54, 1.807) is 48.5 Å². The van der Waals surface area contributed by atoms with Gasteiger partial charge in [-0.05, 0) is 23.3 Å². The molecule has 0 radical (unpaired) electrons. The Kier molecular flexibility index (Phi) is 8.63. The van der Waals surface area contributed by atoms with Gasteiger partial charge in [-0.2, -0.15) is 0 Å². The first-order valence-electron chi connectivity index (χ1n) is 8.74. The van der Waals surface area contributed by atoms with Gasteiger partial charge in [-0.3, -0.25) is 4.79 Å². The van der Waals surface area contributed by atoms with Gasteiger partial charge in [0.15, 0.2) is 0 Å². The summed E-state index contributed by atoms with van der Waals surface area (Å²) in [6.45, 7) is -0.720. The Morgan fingerprint density at radius 1 is 0.966 bits per heavy atom. The van der Waals surface area contributed by atoms with Gasteiger partial charge in [0.1, 0.15) is 18.7 Å². The number of carboxylic acids is 1. The molecule has 2 rings (SSSR count). The predicted octanol–water partition coefficient (Wildman–Crippen LogP) is 1.85. The van der Waals surface area contributed by atoms with Gasteiger partial charge < -0.3 is 25.6 Å². The number of hydrogen-bond acceptors (Lipinski definition) is 5. The summed E-state index contributed by atoms with van der Waals surface area (Å²) < 4.78 is 5.79. The van der Waals surface area contributed by atoms with Crippen LogP contribution in [0.3, 0.4) is 0 Å². The van der Waals surface area contributed by atoms with Gasteiger partial charge in [-0.1, -0.05) is 58.4 Å². The molecule has 0 aliphatic heterocycles. The third kappa shape index (κ3) is 7.55. The molecule has 0 heterocycles. The normalized spacial score (nSPS) is 12.5. The van der Waals surface area contributed by atoms with Crippen LogP contribution < -0.4 is 10.6 Å². The van der Waals surface area contributed by atoms with Crippen molar-refractivity contribution in [1.82, 2.24) is 10.6 Å². The number of benzene rings is 2. The van der Waals surface area contributed by atoms with Crippen LogP contribution in [0.15, 0.2) is 59.1 Å². The van der Waals surface area contributed by atoms with E-state index in [2.05, 4.69) is 26.6 Å². The maximum absolute atomic E-state index is 12.3. The SMILES string of the molecule is O=C(N[C@@H](CO)C(=O)N[C@@H](Cc1cccc(Br)c1)C(=O)O)OCc1ccccc1. The average Bonchev–Trinajstić information content (AvgIpc) is 2.70. The average molecular weight is 465 g/mol. The smallest absolute Gasteiger partial charge is 0.408 e. The molecular formula is C20H21BrN2O6. The van der Waals surface area contributed by atoms with Crippen molar-refractivity contribution in [2.75, 3.05) is 6.61 Å². The van der Waals surface area contributed by atoms with E-state index in [1.807, 2.05) is 6.07 Å². The van der Waals surface area contributed by atoms with Crippen molar-refractivity contribution in [2.45, 2.75) is 25.1 Å². The van der Waals surface area contributed by atoms with Gasteiger partial charge >= 0.3 is 12.1 Å². The Bertz CT molecular complexity index is 846. The number of hydrogen-bond donors (Lipinski definition) is 4. The van der Waals surface area contributed by atoms with Gasteiger partial charge in [0, 0.05) is 10.9 Å². The zero-order valence-corrected chi connectivity index (χ0v) is 17.0. The van der Waals surface area contributed by atoms with Crippen molar-refractivity contribution in [3.05, 3.63) is 70.2 Å². The summed E-state index contributed by atoms with van der Waals surface area (Å²) in [7, 11) is 0. The van der Waals surface area contributed by atoms with E-state index in [0.717, 1.165) is 10.0 Å². The molecule has 2 atom stereocenters. The van der Waals surface area contributed by atoms with Crippen LogP contribution in [0, 0.1) is 0 Å². The zero-order valence-electron chi connectivity index (χ0n) is 15.4. The summed E-state index contributed by atoms with van der Waals surface area (Å²) in [5.74, 6) is -2.06. The molecule has 0 saturated carbocycles. The van der Waals surface area contributed by atoms with Gasteiger partial charge in [0.2, 0.25) is 5.91 Å². The summed E-state index contributed by atoms with van der Waals surface area (Å²) >= 11 is 3.30. The van der Waals surface area contributed by atoms with Crippen molar-refractivity contribution in [3.63, 3.8) is 0 Å². The first kappa shape index (κ1) is 22.4. The highest BCUT2D eigenvalue weighted by molar-refractivity contribution is 9.10. The lowest BCUT2D eigenvalue weighted by molar-refractivity contribution is -0.142. The number of amides is 2. The number of aliphatic hydroxyl groups excluding tert-OH is 1. The fourth-order valence-electron chi connectivity index (χ4n) is 2.47. The largest absolute Gasteiger partial charge is 0.480 e. The molecule has 2 aromatic carbocycles. The van der Waals surface area contributed by atoms with Gasteiger partial charge in [0.05, 0.1) is 6.61 Å². The third-order valence-electron chi connectivity index (χ3n) is 3.95. The van der Waals surface area contributed by atoms with E-state index < -0.39 is 36.7 Å². The number of rotatable bonds is 9. The molecule has 0 aliphatic rings. The Hall–Kier alpha value is -2.91. The monoisotopic (exact) mass is 464 g/mol. The number of carbonyl (C=O) groups excluding carboxylic acids is 2. The first-order valence-corrected chi connectivity index (χ1v) is 9.54.